The van der Waals surface area contributed by atoms with Gasteiger partial charge in [-0.25, -0.2) is 17.9 Å². The van der Waals surface area contributed by atoms with Crippen LogP contribution in [0.5, 0.6) is 0 Å². The number of aromatic nitrogens is 4. The molecule has 1 amide bonds. The molecule has 0 spiro atoms. The number of sulfone groups is 1. The highest BCUT2D eigenvalue weighted by atomic mass is 32.2. The second-order valence-corrected chi connectivity index (χ2v) is 9.02. The van der Waals surface area contributed by atoms with Crippen molar-refractivity contribution >= 4 is 21.7 Å². The number of halogens is 3. The minimum atomic E-state index is -4.63. The SMILES string of the molecule is CCS(=O)(=O)c1c(NC(=O)OC(C)(C)C)nc(-n2cc(C(F)(F)F)cn2)n1C. The molecule has 2 rings (SSSR count). The molecule has 1 N–H and O–H groups in total. The monoisotopic (exact) mass is 423 g/mol. The van der Waals surface area contributed by atoms with Crippen molar-refractivity contribution in [3.05, 3.63) is 18.0 Å². The van der Waals surface area contributed by atoms with Crippen molar-refractivity contribution < 1.29 is 31.1 Å². The summed E-state index contributed by atoms with van der Waals surface area (Å²) in [6, 6.07) is 0. The maximum absolute atomic E-state index is 12.8. The Bertz CT molecular complexity index is 986. The number of ether oxygens (including phenoxy) is 1. The van der Waals surface area contributed by atoms with Crippen LogP contribution < -0.4 is 5.32 Å². The number of alkyl halides is 3. The van der Waals surface area contributed by atoms with Gasteiger partial charge >= 0.3 is 12.3 Å². The molecule has 0 aliphatic heterocycles. The van der Waals surface area contributed by atoms with Gasteiger partial charge in [-0.3, -0.25) is 5.32 Å². The third kappa shape index (κ3) is 4.64. The Hall–Kier alpha value is -2.57. The lowest BCUT2D eigenvalue weighted by atomic mass is 10.2. The van der Waals surface area contributed by atoms with E-state index in [9.17, 15) is 26.4 Å². The van der Waals surface area contributed by atoms with Crippen LogP contribution in [0.25, 0.3) is 5.95 Å². The van der Waals surface area contributed by atoms with Gasteiger partial charge < -0.3 is 9.30 Å². The zero-order chi connectivity index (χ0) is 21.5. The van der Waals surface area contributed by atoms with Crippen molar-refractivity contribution in [3.63, 3.8) is 0 Å². The van der Waals surface area contributed by atoms with Gasteiger partial charge in [-0.15, -0.1) is 0 Å². The normalized spacial score (nSPS) is 12.9. The quantitative estimate of drug-likeness (QED) is 0.810. The molecule has 2 aromatic heterocycles. The number of hydrogen-bond donors (Lipinski definition) is 1. The van der Waals surface area contributed by atoms with E-state index in [1.54, 1.807) is 20.8 Å². The molecule has 13 heteroatoms. The summed E-state index contributed by atoms with van der Waals surface area (Å²) in [4.78, 5) is 16.0. The Balaban J connectivity index is 2.55. The Morgan fingerprint density at radius 3 is 2.36 bits per heavy atom. The van der Waals surface area contributed by atoms with Crippen LogP contribution in [-0.2, 0) is 27.8 Å². The van der Waals surface area contributed by atoms with E-state index in [0.29, 0.717) is 12.4 Å². The number of nitrogens with zero attached hydrogens (tertiary/aromatic N) is 4. The van der Waals surface area contributed by atoms with Crippen molar-refractivity contribution in [2.24, 2.45) is 7.05 Å². The maximum atomic E-state index is 12.8. The minimum Gasteiger partial charge on any atom is -0.444 e. The maximum Gasteiger partial charge on any atom is 0.419 e. The number of nitrogens with one attached hydrogen (secondary N) is 1. The fourth-order valence-corrected chi connectivity index (χ4v) is 3.39. The highest BCUT2D eigenvalue weighted by molar-refractivity contribution is 7.91. The number of amides is 1. The molecule has 0 atom stereocenters. The van der Waals surface area contributed by atoms with Crippen LogP contribution in [0.1, 0.15) is 33.3 Å². The van der Waals surface area contributed by atoms with E-state index in [2.05, 4.69) is 15.4 Å². The van der Waals surface area contributed by atoms with Crippen molar-refractivity contribution in [1.82, 2.24) is 19.3 Å². The van der Waals surface area contributed by atoms with Crippen LogP contribution in [0, 0.1) is 0 Å². The summed E-state index contributed by atoms with van der Waals surface area (Å²) in [6.45, 7) is 6.22. The average Bonchev–Trinajstić information content (AvgIpc) is 3.10. The van der Waals surface area contributed by atoms with E-state index in [1.807, 2.05) is 0 Å². The Morgan fingerprint density at radius 1 is 1.29 bits per heavy atom. The first-order chi connectivity index (χ1) is 12.7. The number of rotatable bonds is 4. The molecule has 28 heavy (non-hydrogen) atoms. The molecule has 9 nitrogen and oxygen atoms in total. The highest BCUT2D eigenvalue weighted by Gasteiger charge is 2.34. The van der Waals surface area contributed by atoms with Gasteiger partial charge in [-0.1, -0.05) is 6.92 Å². The first-order valence-corrected chi connectivity index (χ1v) is 9.72. The van der Waals surface area contributed by atoms with Crippen LogP contribution >= 0.6 is 0 Å². The molecular weight excluding hydrogens is 403 g/mol. The van der Waals surface area contributed by atoms with Crippen molar-refractivity contribution in [2.75, 3.05) is 11.1 Å². The van der Waals surface area contributed by atoms with Crippen LogP contribution in [0.15, 0.2) is 17.4 Å². The second kappa shape index (κ2) is 7.11. The third-order valence-electron chi connectivity index (χ3n) is 3.43. The molecule has 0 bridgehead atoms. The Kier molecular flexibility index (Phi) is 5.52. The van der Waals surface area contributed by atoms with E-state index < -0.39 is 33.3 Å². The Morgan fingerprint density at radius 2 is 1.89 bits per heavy atom. The molecule has 0 aromatic carbocycles. The predicted octanol–water partition coefficient (Wildman–Crippen LogP) is 2.77. The summed E-state index contributed by atoms with van der Waals surface area (Å²) in [5.41, 5.74) is -1.88. The molecule has 2 heterocycles. The van der Waals surface area contributed by atoms with Crippen molar-refractivity contribution in [1.29, 1.82) is 0 Å². The minimum absolute atomic E-state index is 0.228. The summed E-state index contributed by atoms with van der Waals surface area (Å²) in [6.07, 6.45) is -4.33. The standard InChI is InChI=1S/C15H20F3N5O4S/c1-6-28(25,26)11-10(21-13(24)27-14(2,3)4)20-12(22(11)5)23-8-9(7-19-23)15(16,17)18/h7-8H,6H2,1-5H3,(H,21,24). The zero-order valence-electron chi connectivity index (χ0n) is 15.8. The smallest absolute Gasteiger partial charge is 0.419 e. The lowest BCUT2D eigenvalue weighted by Crippen LogP contribution is -2.28. The fourth-order valence-electron chi connectivity index (χ4n) is 2.23. The van der Waals surface area contributed by atoms with Gasteiger partial charge in [0.1, 0.15) is 5.60 Å². The highest BCUT2D eigenvalue weighted by Crippen LogP contribution is 2.30. The average molecular weight is 423 g/mol. The predicted molar refractivity (Wildman–Crippen MR) is 92.9 cm³/mol. The number of imidazole rings is 1. The van der Waals surface area contributed by atoms with Crippen LogP contribution in [-0.4, -0.2) is 45.2 Å². The number of hydrogen-bond acceptors (Lipinski definition) is 6. The molecule has 0 fully saturated rings. The molecule has 0 unspecified atom stereocenters. The fraction of sp³-hybridized carbons (Fsp3) is 0.533. The molecule has 0 aliphatic carbocycles. The van der Waals surface area contributed by atoms with Gasteiger partial charge in [0.2, 0.25) is 5.95 Å². The summed E-state index contributed by atoms with van der Waals surface area (Å²) in [7, 11) is -2.60. The number of carbonyl (C=O) groups is 1. The Labute approximate surface area is 159 Å². The number of anilines is 1. The van der Waals surface area contributed by atoms with Gasteiger partial charge in [0.15, 0.2) is 20.7 Å². The van der Waals surface area contributed by atoms with Crippen molar-refractivity contribution in [3.8, 4) is 5.95 Å². The molecule has 0 saturated heterocycles. The van der Waals surface area contributed by atoms with Gasteiger partial charge in [-0.2, -0.15) is 23.3 Å². The summed E-state index contributed by atoms with van der Waals surface area (Å²) in [5, 5.41) is 5.45. The van der Waals surface area contributed by atoms with Gasteiger partial charge in [0, 0.05) is 13.2 Å². The van der Waals surface area contributed by atoms with Crippen LogP contribution in [0.3, 0.4) is 0 Å². The van der Waals surface area contributed by atoms with Crippen LogP contribution in [0.2, 0.25) is 0 Å². The van der Waals surface area contributed by atoms with E-state index in [4.69, 9.17) is 4.74 Å². The molecule has 0 radical (unpaired) electrons. The van der Waals surface area contributed by atoms with Crippen LogP contribution in [0.4, 0.5) is 23.8 Å². The molecular formula is C15H20F3N5O4S. The first-order valence-electron chi connectivity index (χ1n) is 8.07. The van der Waals surface area contributed by atoms with Crippen molar-refractivity contribution in [2.45, 2.75) is 44.5 Å². The molecule has 156 valence electrons. The van der Waals surface area contributed by atoms with E-state index in [1.165, 1.54) is 14.0 Å². The topological polar surface area (TPSA) is 108 Å². The van der Waals surface area contributed by atoms with Gasteiger partial charge in [-0.05, 0) is 20.8 Å². The zero-order valence-corrected chi connectivity index (χ0v) is 16.6. The number of carbonyl (C=O) groups excluding carboxylic acids is 1. The summed E-state index contributed by atoms with van der Waals surface area (Å²) in [5.74, 6) is -0.909. The van der Waals surface area contributed by atoms with E-state index in [-0.39, 0.29) is 22.5 Å². The molecule has 0 saturated carbocycles. The molecule has 2 aromatic rings. The molecule has 0 aliphatic rings. The third-order valence-corrected chi connectivity index (χ3v) is 5.24. The van der Waals surface area contributed by atoms with Gasteiger partial charge in [0.05, 0.1) is 17.5 Å². The summed E-state index contributed by atoms with van der Waals surface area (Å²) >= 11 is 0. The first kappa shape index (κ1) is 21.7. The van der Waals surface area contributed by atoms with Gasteiger partial charge in [0.25, 0.3) is 0 Å². The largest absolute Gasteiger partial charge is 0.444 e. The lowest BCUT2D eigenvalue weighted by Gasteiger charge is -2.19. The van der Waals surface area contributed by atoms with E-state index in [0.717, 1.165) is 9.25 Å². The summed E-state index contributed by atoms with van der Waals surface area (Å²) < 4.78 is 70.3. The lowest BCUT2D eigenvalue weighted by molar-refractivity contribution is -0.137. The van der Waals surface area contributed by atoms with E-state index >= 15 is 0 Å². The second-order valence-electron chi connectivity index (χ2n) is 6.83.